The molecule has 1 amide bonds. The van der Waals surface area contributed by atoms with E-state index in [1.807, 2.05) is 6.07 Å². The standard InChI is InChI=1S/C34H32FN3O5/c1-4-34(43)22-14-26-30-21(16-38(26)32(41)20(22)11-13-27(34)39)29-25(37(3)33(42)31(40)18-8-6-5-7-9-18)12-10-19-17(2)23(35)15-24(36-30)28(19)29/h5-9,14-15,25,31,40,43H,4,10-13,16H2,1-3H3/t25-,31+,34-/m0/s1. The van der Waals surface area contributed by atoms with Crippen LogP contribution in [0.5, 0.6) is 0 Å². The van der Waals surface area contributed by atoms with Crippen LogP contribution in [0.3, 0.4) is 0 Å². The maximum Gasteiger partial charge on any atom is 0.256 e. The van der Waals surface area contributed by atoms with Gasteiger partial charge in [0.25, 0.3) is 11.5 Å². The van der Waals surface area contributed by atoms with E-state index in [1.54, 1.807) is 60.7 Å². The third kappa shape index (κ3) is 3.81. The number of aliphatic hydroxyl groups excluding tert-OH is 1. The lowest BCUT2D eigenvalue weighted by Gasteiger charge is -2.36. The molecule has 3 aliphatic rings. The highest BCUT2D eigenvalue weighted by Crippen LogP contribution is 2.47. The van der Waals surface area contributed by atoms with E-state index in [0.29, 0.717) is 52.0 Å². The number of pyridine rings is 2. The lowest BCUT2D eigenvalue weighted by molar-refractivity contribution is -0.141. The number of nitrogens with zero attached hydrogens (tertiary/aromatic N) is 3. The van der Waals surface area contributed by atoms with Crippen LogP contribution < -0.4 is 5.56 Å². The summed E-state index contributed by atoms with van der Waals surface area (Å²) < 4.78 is 16.8. The second kappa shape index (κ2) is 9.65. The van der Waals surface area contributed by atoms with E-state index in [0.717, 1.165) is 22.1 Å². The number of amides is 1. The van der Waals surface area contributed by atoms with Crippen LogP contribution in [0.25, 0.3) is 22.3 Å². The van der Waals surface area contributed by atoms with Gasteiger partial charge in [-0.15, -0.1) is 0 Å². The summed E-state index contributed by atoms with van der Waals surface area (Å²) in [6.45, 7) is 3.66. The van der Waals surface area contributed by atoms with Crippen molar-refractivity contribution in [3.63, 3.8) is 0 Å². The summed E-state index contributed by atoms with van der Waals surface area (Å²) in [5.41, 5.74) is 3.46. The Morgan fingerprint density at radius 2 is 1.88 bits per heavy atom. The number of aliphatic hydroxyl groups is 2. The Kier molecular flexibility index (Phi) is 6.20. The first-order chi connectivity index (χ1) is 20.6. The molecule has 0 unspecified atom stereocenters. The quantitative estimate of drug-likeness (QED) is 0.330. The lowest BCUT2D eigenvalue weighted by atomic mass is 9.77. The highest BCUT2D eigenvalue weighted by molar-refractivity contribution is 5.95. The molecule has 0 radical (unpaired) electrons. The Morgan fingerprint density at radius 3 is 2.60 bits per heavy atom. The summed E-state index contributed by atoms with van der Waals surface area (Å²) in [5.74, 6) is -1.16. The van der Waals surface area contributed by atoms with Gasteiger partial charge in [-0.1, -0.05) is 37.3 Å². The molecule has 0 bridgehead atoms. The van der Waals surface area contributed by atoms with Crippen LogP contribution >= 0.6 is 0 Å². The van der Waals surface area contributed by atoms with E-state index in [2.05, 4.69) is 0 Å². The van der Waals surface area contributed by atoms with E-state index in [9.17, 15) is 24.6 Å². The van der Waals surface area contributed by atoms with Crippen molar-refractivity contribution >= 4 is 22.6 Å². The Bertz CT molecular complexity index is 1940. The van der Waals surface area contributed by atoms with Gasteiger partial charge in [-0.25, -0.2) is 9.37 Å². The summed E-state index contributed by atoms with van der Waals surface area (Å²) >= 11 is 0. The number of fused-ring (bicyclic) bond motifs is 5. The summed E-state index contributed by atoms with van der Waals surface area (Å²) in [5, 5.41) is 23.1. The SMILES string of the molecule is CC[C@@]1(O)C(=O)CCc2c1cc1n(c2=O)Cc2c-1nc1cc(F)c(C)c3c1c2[C@@H](N(C)C(=O)[C@H](O)c1ccccc1)CC3. The molecular weight excluding hydrogens is 549 g/mol. The van der Waals surface area contributed by atoms with E-state index in [4.69, 9.17) is 4.98 Å². The van der Waals surface area contributed by atoms with Crippen LogP contribution in [-0.2, 0) is 34.6 Å². The van der Waals surface area contributed by atoms with Gasteiger partial charge in [0, 0.05) is 41.6 Å². The van der Waals surface area contributed by atoms with Crippen LogP contribution in [0.4, 0.5) is 4.39 Å². The molecule has 1 aliphatic heterocycles. The third-order valence-electron chi connectivity index (χ3n) is 9.89. The first kappa shape index (κ1) is 27.6. The summed E-state index contributed by atoms with van der Waals surface area (Å²) in [7, 11) is 1.67. The van der Waals surface area contributed by atoms with Gasteiger partial charge < -0.3 is 19.7 Å². The van der Waals surface area contributed by atoms with Crippen LogP contribution in [0.2, 0.25) is 0 Å². The van der Waals surface area contributed by atoms with E-state index < -0.39 is 23.7 Å². The number of rotatable bonds is 4. The number of aromatic nitrogens is 2. The van der Waals surface area contributed by atoms with Crippen LogP contribution in [0.15, 0.2) is 47.3 Å². The lowest BCUT2D eigenvalue weighted by Crippen LogP contribution is -2.43. The smallest absolute Gasteiger partial charge is 0.256 e. The summed E-state index contributed by atoms with van der Waals surface area (Å²) in [6.07, 6.45) is 0.135. The van der Waals surface area contributed by atoms with Crippen LogP contribution in [-0.4, -0.2) is 43.4 Å². The minimum Gasteiger partial charge on any atom is -0.378 e. The van der Waals surface area contributed by atoms with Gasteiger partial charge >= 0.3 is 0 Å². The third-order valence-corrected chi connectivity index (χ3v) is 9.89. The molecule has 2 aromatic heterocycles. The Labute approximate surface area is 247 Å². The number of hydrogen-bond acceptors (Lipinski definition) is 6. The number of Topliss-reactive ketones (excluding diaryl/α,β-unsaturated/α-hetero) is 1. The zero-order valence-corrected chi connectivity index (χ0v) is 24.3. The molecule has 8 nitrogen and oxygen atoms in total. The number of benzene rings is 2. The van der Waals surface area contributed by atoms with Gasteiger partial charge in [0.1, 0.15) is 11.4 Å². The van der Waals surface area contributed by atoms with E-state index in [-0.39, 0.29) is 43.0 Å². The maximum absolute atomic E-state index is 15.2. The van der Waals surface area contributed by atoms with Gasteiger partial charge in [0.05, 0.1) is 29.5 Å². The molecule has 220 valence electrons. The first-order valence-electron chi connectivity index (χ1n) is 14.7. The first-order valence-corrected chi connectivity index (χ1v) is 14.7. The monoisotopic (exact) mass is 581 g/mol. The highest BCUT2D eigenvalue weighted by Gasteiger charge is 2.44. The second-order valence-corrected chi connectivity index (χ2v) is 12.0. The number of halogens is 1. The van der Waals surface area contributed by atoms with Crippen molar-refractivity contribution in [2.24, 2.45) is 0 Å². The van der Waals surface area contributed by atoms with Crippen molar-refractivity contribution in [3.05, 3.63) is 97.6 Å². The number of aryl methyl sites for hydroxylation is 1. The van der Waals surface area contributed by atoms with Crippen molar-refractivity contribution in [1.82, 2.24) is 14.5 Å². The zero-order chi connectivity index (χ0) is 30.4. The zero-order valence-electron chi connectivity index (χ0n) is 24.3. The molecular formula is C34H32FN3O5. The molecule has 3 heterocycles. The fourth-order valence-electron chi connectivity index (χ4n) is 7.43. The molecule has 2 aliphatic carbocycles. The average molecular weight is 582 g/mol. The van der Waals surface area contributed by atoms with Crippen molar-refractivity contribution in [2.45, 2.75) is 70.2 Å². The van der Waals surface area contributed by atoms with Crippen LogP contribution in [0, 0.1) is 12.7 Å². The Morgan fingerprint density at radius 1 is 1.14 bits per heavy atom. The molecule has 3 atom stereocenters. The van der Waals surface area contributed by atoms with Crippen molar-refractivity contribution in [2.75, 3.05) is 7.05 Å². The maximum atomic E-state index is 15.2. The van der Waals surface area contributed by atoms with Crippen molar-refractivity contribution < 1.29 is 24.2 Å². The molecule has 43 heavy (non-hydrogen) atoms. The number of carbonyl (C=O) groups excluding carboxylic acids is 2. The average Bonchev–Trinajstić information content (AvgIpc) is 3.39. The largest absolute Gasteiger partial charge is 0.378 e. The van der Waals surface area contributed by atoms with Gasteiger partial charge in [-0.3, -0.25) is 14.4 Å². The molecule has 7 rings (SSSR count). The van der Waals surface area contributed by atoms with Gasteiger partial charge in [-0.05, 0) is 60.9 Å². The predicted octanol–water partition coefficient (Wildman–Crippen LogP) is 4.16. The van der Waals surface area contributed by atoms with E-state index >= 15 is 4.39 Å². The number of carbonyl (C=O) groups is 2. The predicted molar refractivity (Wildman–Crippen MR) is 158 cm³/mol. The molecule has 9 heteroatoms. The number of ketones is 1. The molecule has 0 fully saturated rings. The molecule has 4 aromatic rings. The van der Waals surface area contributed by atoms with Gasteiger partial charge in [0.15, 0.2) is 11.9 Å². The fraction of sp³-hybridized carbons (Fsp3) is 0.353. The van der Waals surface area contributed by atoms with E-state index in [1.165, 1.54) is 6.07 Å². The van der Waals surface area contributed by atoms with Crippen LogP contribution in [0.1, 0.15) is 77.3 Å². The molecule has 2 aromatic carbocycles. The summed E-state index contributed by atoms with van der Waals surface area (Å²) in [6, 6.07) is 11.4. The Hall–Kier alpha value is -4.21. The van der Waals surface area contributed by atoms with Crippen molar-refractivity contribution in [1.29, 1.82) is 0 Å². The minimum atomic E-state index is -1.75. The normalized spacial score (nSPS) is 20.9. The topological polar surface area (TPSA) is 113 Å². The number of likely N-dealkylation sites (N-methyl/N-ethyl adjacent to an activating group) is 1. The molecule has 0 spiro atoms. The second-order valence-electron chi connectivity index (χ2n) is 12.0. The molecule has 0 saturated carbocycles. The molecule has 2 N–H and O–H groups in total. The van der Waals surface area contributed by atoms with Crippen molar-refractivity contribution in [3.8, 4) is 11.4 Å². The Balaban J connectivity index is 1.45. The van der Waals surface area contributed by atoms with Gasteiger partial charge in [-0.2, -0.15) is 0 Å². The minimum absolute atomic E-state index is 0.0902. The van der Waals surface area contributed by atoms with Gasteiger partial charge in [0.2, 0.25) is 0 Å². The molecule has 0 saturated heterocycles. The fourth-order valence-corrected chi connectivity index (χ4v) is 7.43. The number of hydrogen-bond donors (Lipinski definition) is 2. The summed E-state index contributed by atoms with van der Waals surface area (Å²) in [4.78, 5) is 46.8. The highest BCUT2D eigenvalue weighted by atomic mass is 19.1.